The van der Waals surface area contributed by atoms with Crippen molar-refractivity contribution < 1.29 is 14.1 Å². The molecule has 0 bridgehead atoms. The molecule has 4 rings (SSSR count). The van der Waals surface area contributed by atoms with E-state index in [1.165, 1.54) is 0 Å². The molecule has 2 fully saturated rings. The first-order valence-electron chi connectivity index (χ1n) is 8.82. The third kappa shape index (κ3) is 3.57. The Labute approximate surface area is 146 Å². The van der Waals surface area contributed by atoms with Crippen molar-refractivity contribution in [1.29, 1.82) is 0 Å². The van der Waals surface area contributed by atoms with E-state index in [-0.39, 0.29) is 17.7 Å². The number of piperidine rings is 1. The van der Waals surface area contributed by atoms with E-state index in [4.69, 9.17) is 4.52 Å². The molecule has 1 aromatic carbocycles. The van der Waals surface area contributed by atoms with Crippen molar-refractivity contribution in [1.82, 2.24) is 15.4 Å². The standard InChI is InChI=1S/C19H21N3O3/c23-18(20-15-8-9-15)14-7-4-10-22(12-14)19(24)16-11-17(25-21-16)13-5-2-1-3-6-13/h1-3,5-6,11,14-15H,4,7-10,12H2,(H,20,23). The fourth-order valence-electron chi connectivity index (χ4n) is 3.20. The minimum atomic E-state index is -0.171. The van der Waals surface area contributed by atoms with Gasteiger partial charge in [-0.15, -0.1) is 0 Å². The molecule has 1 saturated heterocycles. The number of rotatable bonds is 4. The summed E-state index contributed by atoms with van der Waals surface area (Å²) in [5.74, 6) is 0.350. The van der Waals surface area contributed by atoms with E-state index < -0.39 is 0 Å². The highest BCUT2D eigenvalue weighted by atomic mass is 16.5. The van der Waals surface area contributed by atoms with Gasteiger partial charge in [-0.05, 0) is 25.7 Å². The molecule has 0 spiro atoms. The summed E-state index contributed by atoms with van der Waals surface area (Å²) in [7, 11) is 0. The van der Waals surface area contributed by atoms with Crippen molar-refractivity contribution in [2.75, 3.05) is 13.1 Å². The number of amides is 2. The van der Waals surface area contributed by atoms with E-state index in [2.05, 4.69) is 10.5 Å². The fraction of sp³-hybridized carbons (Fsp3) is 0.421. The van der Waals surface area contributed by atoms with Crippen molar-refractivity contribution in [3.63, 3.8) is 0 Å². The first-order valence-corrected chi connectivity index (χ1v) is 8.82. The van der Waals surface area contributed by atoms with Crippen molar-refractivity contribution in [2.24, 2.45) is 5.92 Å². The van der Waals surface area contributed by atoms with Crippen LogP contribution in [-0.4, -0.2) is 41.0 Å². The van der Waals surface area contributed by atoms with Crippen LogP contribution < -0.4 is 5.32 Å². The monoisotopic (exact) mass is 339 g/mol. The lowest BCUT2D eigenvalue weighted by atomic mass is 9.96. The molecule has 1 atom stereocenters. The Morgan fingerprint density at radius 2 is 1.96 bits per heavy atom. The number of likely N-dealkylation sites (tertiary alicyclic amines) is 1. The van der Waals surface area contributed by atoms with Crippen LogP contribution in [-0.2, 0) is 4.79 Å². The second-order valence-electron chi connectivity index (χ2n) is 6.82. The Balaban J connectivity index is 1.43. The summed E-state index contributed by atoms with van der Waals surface area (Å²) in [4.78, 5) is 26.7. The molecule has 2 heterocycles. The summed E-state index contributed by atoms with van der Waals surface area (Å²) in [5, 5.41) is 6.97. The topological polar surface area (TPSA) is 75.4 Å². The number of hydrogen-bond acceptors (Lipinski definition) is 4. The summed E-state index contributed by atoms with van der Waals surface area (Å²) in [6.45, 7) is 1.10. The fourth-order valence-corrected chi connectivity index (χ4v) is 3.20. The van der Waals surface area contributed by atoms with Crippen LogP contribution in [0.4, 0.5) is 0 Å². The van der Waals surface area contributed by atoms with Crippen molar-refractivity contribution in [3.05, 3.63) is 42.1 Å². The third-order valence-electron chi connectivity index (χ3n) is 4.79. The van der Waals surface area contributed by atoms with Gasteiger partial charge in [0.25, 0.3) is 5.91 Å². The smallest absolute Gasteiger partial charge is 0.276 e. The lowest BCUT2D eigenvalue weighted by Gasteiger charge is -2.31. The zero-order valence-corrected chi connectivity index (χ0v) is 14.0. The molecular formula is C19H21N3O3. The number of carbonyl (C=O) groups is 2. The minimum Gasteiger partial charge on any atom is -0.355 e. The molecule has 2 amide bonds. The molecule has 0 radical (unpaired) electrons. The SMILES string of the molecule is O=C(NC1CC1)C1CCCN(C(=O)c2cc(-c3ccccc3)on2)C1. The molecular weight excluding hydrogens is 318 g/mol. The maximum absolute atomic E-state index is 12.7. The maximum Gasteiger partial charge on any atom is 0.276 e. The van der Waals surface area contributed by atoms with Crippen LogP contribution in [0.25, 0.3) is 11.3 Å². The van der Waals surface area contributed by atoms with Crippen LogP contribution in [0.15, 0.2) is 40.9 Å². The largest absolute Gasteiger partial charge is 0.355 e. The molecule has 6 nitrogen and oxygen atoms in total. The Morgan fingerprint density at radius 1 is 1.16 bits per heavy atom. The van der Waals surface area contributed by atoms with Crippen LogP contribution in [0.5, 0.6) is 0 Å². The third-order valence-corrected chi connectivity index (χ3v) is 4.79. The van der Waals surface area contributed by atoms with Gasteiger partial charge in [-0.3, -0.25) is 9.59 Å². The lowest BCUT2D eigenvalue weighted by molar-refractivity contribution is -0.126. The molecule has 25 heavy (non-hydrogen) atoms. The number of hydrogen-bond donors (Lipinski definition) is 1. The lowest BCUT2D eigenvalue weighted by Crippen LogP contribution is -2.46. The van der Waals surface area contributed by atoms with Gasteiger partial charge in [0, 0.05) is 30.8 Å². The van der Waals surface area contributed by atoms with E-state index in [1.807, 2.05) is 30.3 Å². The molecule has 6 heteroatoms. The Morgan fingerprint density at radius 3 is 2.72 bits per heavy atom. The summed E-state index contributed by atoms with van der Waals surface area (Å²) in [5.41, 5.74) is 1.18. The molecule has 1 saturated carbocycles. The van der Waals surface area contributed by atoms with Crippen molar-refractivity contribution in [2.45, 2.75) is 31.7 Å². The molecule has 1 unspecified atom stereocenters. The number of nitrogens with one attached hydrogen (secondary N) is 1. The molecule has 2 aromatic rings. The Bertz CT molecular complexity index is 767. The van der Waals surface area contributed by atoms with E-state index >= 15 is 0 Å². The highest BCUT2D eigenvalue weighted by Gasteiger charge is 2.33. The molecule has 1 aromatic heterocycles. The Kier molecular flexibility index (Phi) is 4.26. The van der Waals surface area contributed by atoms with Gasteiger partial charge in [-0.25, -0.2) is 0 Å². The van der Waals surface area contributed by atoms with Crippen LogP contribution >= 0.6 is 0 Å². The normalized spacial score (nSPS) is 20.3. The predicted molar refractivity (Wildman–Crippen MR) is 91.7 cm³/mol. The van der Waals surface area contributed by atoms with Gasteiger partial charge < -0.3 is 14.7 Å². The molecule has 1 aliphatic carbocycles. The average molecular weight is 339 g/mol. The average Bonchev–Trinajstić information content (AvgIpc) is 3.34. The molecule has 130 valence electrons. The second kappa shape index (κ2) is 6.70. The highest BCUT2D eigenvalue weighted by molar-refractivity contribution is 5.93. The Hall–Kier alpha value is -2.63. The molecule has 2 aliphatic rings. The molecule has 1 N–H and O–H groups in total. The van der Waals surface area contributed by atoms with Gasteiger partial charge >= 0.3 is 0 Å². The maximum atomic E-state index is 12.7. The number of aromatic nitrogens is 1. The highest BCUT2D eigenvalue weighted by Crippen LogP contribution is 2.24. The van der Waals surface area contributed by atoms with Crippen LogP contribution in [0.1, 0.15) is 36.2 Å². The first kappa shape index (κ1) is 15.9. The first-order chi connectivity index (χ1) is 12.2. The number of nitrogens with zero attached hydrogens (tertiary/aromatic N) is 2. The van der Waals surface area contributed by atoms with Gasteiger partial charge in [0.15, 0.2) is 11.5 Å². The number of carbonyl (C=O) groups excluding carboxylic acids is 2. The summed E-state index contributed by atoms with van der Waals surface area (Å²) < 4.78 is 5.32. The van der Waals surface area contributed by atoms with E-state index in [0.29, 0.717) is 30.6 Å². The van der Waals surface area contributed by atoms with E-state index in [9.17, 15) is 9.59 Å². The summed E-state index contributed by atoms with van der Waals surface area (Å²) in [6.07, 6.45) is 3.80. The molecule has 1 aliphatic heterocycles. The van der Waals surface area contributed by atoms with Crippen LogP contribution in [0.3, 0.4) is 0 Å². The van der Waals surface area contributed by atoms with Gasteiger partial charge in [0.1, 0.15) is 0 Å². The summed E-state index contributed by atoms with van der Waals surface area (Å²) >= 11 is 0. The van der Waals surface area contributed by atoms with Gasteiger partial charge in [-0.1, -0.05) is 35.5 Å². The quantitative estimate of drug-likeness (QED) is 0.928. The number of benzene rings is 1. The van der Waals surface area contributed by atoms with Gasteiger partial charge in [0.05, 0.1) is 5.92 Å². The van der Waals surface area contributed by atoms with E-state index in [1.54, 1.807) is 11.0 Å². The van der Waals surface area contributed by atoms with Crippen LogP contribution in [0.2, 0.25) is 0 Å². The van der Waals surface area contributed by atoms with Gasteiger partial charge in [0.2, 0.25) is 5.91 Å². The minimum absolute atomic E-state index is 0.0742. The van der Waals surface area contributed by atoms with Crippen molar-refractivity contribution in [3.8, 4) is 11.3 Å². The second-order valence-corrected chi connectivity index (χ2v) is 6.82. The van der Waals surface area contributed by atoms with Crippen molar-refractivity contribution >= 4 is 11.8 Å². The van der Waals surface area contributed by atoms with Crippen LogP contribution in [0, 0.1) is 5.92 Å². The zero-order valence-electron chi connectivity index (χ0n) is 14.0. The van der Waals surface area contributed by atoms with E-state index in [0.717, 1.165) is 31.2 Å². The zero-order chi connectivity index (χ0) is 17.2. The predicted octanol–water partition coefficient (Wildman–Crippen LogP) is 2.47. The summed E-state index contributed by atoms with van der Waals surface area (Å²) in [6, 6.07) is 11.6. The van der Waals surface area contributed by atoms with Gasteiger partial charge in [-0.2, -0.15) is 0 Å².